The number of halogens is 1. The number of fused-ring (bicyclic) bond motifs is 2. The first-order valence-electron chi connectivity index (χ1n) is 8.08. The molecule has 0 aliphatic carbocycles. The second kappa shape index (κ2) is 6.31. The van der Waals surface area contributed by atoms with Gasteiger partial charge in [0.2, 0.25) is 0 Å². The summed E-state index contributed by atoms with van der Waals surface area (Å²) in [6.45, 7) is 9.19. The smallest absolute Gasteiger partial charge is 0.0332 e. The van der Waals surface area contributed by atoms with Gasteiger partial charge in [0.05, 0.1) is 0 Å². The van der Waals surface area contributed by atoms with Gasteiger partial charge in [0.1, 0.15) is 0 Å². The van der Waals surface area contributed by atoms with E-state index in [4.69, 9.17) is 11.8 Å². The maximum absolute atomic E-state index is 6.41. The van der Waals surface area contributed by atoms with Crippen LogP contribution in [0.3, 0.4) is 0 Å². The molecule has 0 unspecified atom stereocenters. The van der Waals surface area contributed by atoms with E-state index < -0.39 is 6.04 Å². The molecular formula is C20H22BrPS. The standard InChI is InChI=1S/C20H22BrPS/c1-13(2)22(23,14(3)4)20-17-11-7-5-9-15(17)19(21)16-10-6-8-12-18(16)20/h5-14H,1-4H3. The molecule has 0 fully saturated rings. The molecule has 120 valence electrons. The molecule has 3 aromatic rings. The first-order valence-corrected chi connectivity index (χ1v) is 11.8. The van der Waals surface area contributed by atoms with E-state index in [1.807, 2.05) is 0 Å². The summed E-state index contributed by atoms with van der Waals surface area (Å²) in [4.78, 5) is 0. The first kappa shape index (κ1) is 17.1. The largest absolute Gasteiger partial charge is 0.0920 e. The van der Waals surface area contributed by atoms with Gasteiger partial charge >= 0.3 is 0 Å². The highest BCUT2D eigenvalue weighted by Crippen LogP contribution is 2.57. The maximum atomic E-state index is 6.41. The molecule has 0 bridgehead atoms. The van der Waals surface area contributed by atoms with Gasteiger partial charge in [-0.1, -0.05) is 88.0 Å². The Morgan fingerprint density at radius 3 is 1.43 bits per heavy atom. The highest BCUT2D eigenvalue weighted by atomic mass is 79.9. The Bertz CT molecular complexity index is 858. The summed E-state index contributed by atoms with van der Waals surface area (Å²) in [5.41, 5.74) is 0.982. The summed E-state index contributed by atoms with van der Waals surface area (Å²) >= 11 is 10.2. The van der Waals surface area contributed by atoms with Crippen LogP contribution in [0, 0.1) is 0 Å². The van der Waals surface area contributed by atoms with Crippen molar-refractivity contribution in [1.29, 1.82) is 0 Å². The SMILES string of the molecule is CC(C)P(=S)(c1c2ccccc2c(Br)c2ccccc12)C(C)C. The lowest BCUT2D eigenvalue weighted by Crippen LogP contribution is -2.21. The van der Waals surface area contributed by atoms with Crippen LogP contribution in [-0.4, -0.2) is 11.3 Å². The Morgan fingerprint density at radius 2 is 1.09 bits per heavy atom. The van der Waals surface area contributed by atoms with Crippen molar-refractivity contribution in [2.75, 3.05) is 0 Å². The Kier molecular flexibility index (Phi) is 4.71. The van der Waals surface area contributed by atoms with E-state index in [9.17, 15) is 0 Å². The maximum Gasteiger partial charge on any atom is 0.0332 e. The Hall–Kier alpha value is -0.690. The molecule has 3 aromatic carbocycles. The van der Waals surface area contributed by atoms with E-state index in [-0.39, 0.29) is 0 Å². The van der Waals surface area contributed by atoms with Gasteiger partial charge in [-0.25, -0.2) is 0 Å². The molecule has 0 heterocycles. The lowest BCUT2D eigenvalue weighted by molar-refractivity contribution is 1.02. The highest BCUT2D eigenvalue weighted by molar-refractivity contribution is 9.10. The van der Waals surface area contributed by atoms with E-state index in [1.165, 1.54) is 31.3 Å². The van der Waals surface area contributed by atoms with Crippen molar-refractivity contribution < 1.29 is 0 Å². The fourth-order valence-electron chi connectivity index (χ4n) is 3.54. The van der Waals surface area contributed by atoms with Crippen LogP contribution in [-0.2, 0) is 11.8 Å². The van der Waals surface area contributed by atoms with Crippen LogP contribution in [0.2, 0.25) is 0 Å². The summed E-state index contributed by atoms with van der Waals surface area (Å²) in [5.74, 6) is 0. The van der Waals surface area contributed by atoms with Gasteiger partial charge in [0.25, 0.3) is 0 Å². The zero-order valence-corrected chi connectivity index (χ0v) is 17.3. The number of benzene rings is 3. The van der Waals surface area contributed by atoms with Crippen LogP contribution in [0.5, 0.6) is 0 Å². The van der Waals surface area contributed by atoms with E-state index >= 15 is 0 Å². The van der Waals surface area contributed by atoms with Crippen molar-refractivity contribution in [2.45, 2.75) is 39.0 Å². The predicted octanol–water partition coefficient (Wildman–Crippen LogP) is 6.68. The molecule has 0 saturated heterocycles. The quantitative estimate of drug-likeness (QED) is 0.346. The zero-order chi connectivity index (χ0) is 16.8. The lowest BCUT2D eigenvalue weighted by Gasteiger charge is -2.33. The lowest BCUT2D eigenvalue weighted by atomic mass is 10.0. The molecule has 0 saturated carbocycles. The second-order valence-electron chi connectivity index (χ2n) is 6.65. The van der Waals surface area contributed by atoms with Crippen LogP contribution in [0.15, 0.2) is 53.0 Å². The van der Waals surface area contributed by atoms with Gasteiger partial charge in [0.15, 0.2) is 0 Å². The molecule has 0 amide bonds. The summed E-state index contributed by atoms with van der Waals surface area (Å²) in [6, 6.07) is 15.7. The van der Waals surface area contributed by atoms with Crippen LogP contribution < -0.4 is 5.30 Å². The van der Waals surface area contributed by atoms with Crippen molar-refractivity contribution in [1.82, 2.24) is 0 Å². The summed E-state index contributed by atoms with van der Waals surface area (Å²) in [5, 5.41) is 6.62. The molecule has 0 aliphatic rings. The monoisotopic (exact) mass is 404 g/mol. The van der Waals surface area contributed by atoms with Gasteiger partial charge < -0.3 is 0 Å². The van der Waals surface area contributed by atoms with Crippen molar-refractivity contribution >= 4 is 60.6 Å². The van der Waals surface area contributed by atoms with E-state index in [2.05, 4.69) is 92.2 Å². The topological polar surface area (TPSA) is 0 Å². The third-order valence-electron chi connectivity index (χ3n) is 4.72. The second-order valence-corrected chi connectivity index (χ2v) is 13.2. The van der Waals surface area contributed by atoms with Crippen LogP contribution >= 0.6 is 22.0 Å². The van der Waals surface area contributed by atoms with E-state index in [1.54, 1.807) is 0 Å². The van der Waals surface area contributed by atoms with Crippen molar-refractivity contribution in [3.8, 4) is 0 Å². The Balaban J connectivity index is 2.62. The van der Waals surface area contributed by atoms with Crippen LogP contribution in [0.4, 0.5) is 0 Å². The highest BCUT2D eigenvalue weighted by Gasteiger charge is 2.31. The van der Waals surface area contributed by atoms with Crippen molar-refractivity contribution in [2.24, 2.45) is 0 Å². The zero-order valence-electron chi connectivity index (χ0n) is 14.0. The average Bonchev–Trinajstić information content (AvgIpc) is 2.54. The van der Waals surface area contributed by atoms with Gasteiger partial charge in [-0.3, -0.25) is 0 Å². The fraction of sp³-hybridized carbons (Fsp3) is 0.300. The van der Waals surface area contributed by atoms with Crippen LogP contribution in [0.1, 0.15) is 27.7 Å². The van der Waals surface area contributed by atoms with Gasteiger partial charge in [0, 0.05) is 9.78 Å². The summed E-state index contributed by atoms with van der Waals surface area (Å²) in [7, 11) is 0. The minimum Gasteiger partial charge on any atom is -0.0920 e. The molecule has 0 nitrogen and oxygen atoms in total. The Morgan fingerprint density at radius 1 is 0.739 bits per heavy atom. The molecule has 0 aliphatic heterocycles. The molecule has 0 radical (unpaired) electrons. The summed E-state index contributed by atoms with van der Waals surface area (Å²) < 4.78 is 1.18. The minimum atomic E-state index is -1.71. The normalized spacial score (nSPS) is 12.7. The number of hydrogen-bond donors (Lipinski definition) is 0. The third kappa shape index (κ3) is 2.60. The van der Waals surface area contributed by atoms with E-state index in [0.29, 0.717) is 11.3 Å². The first-order chi connectivity index (χ1) is 10.9. The average molecular weight is 405 g/mol. The third-order valence-corrected chi connectivity index (χ3v) is 12.9. The molecule has 0 spiro atoms. The Labute approximate surface area is 152 Å². The number of rotatable bonds is 3. The predicted molar refractivity (Wildman–Crippen MR) is 113 cm³/mol. The summed E-state index contributed by atoms with van der Waals surface area (Å²) in [6.07, 6.45) is 0. The molecule has 0 N–H and O–H groups in total. The van der Waals surface area contributed by atoms with Gasteiger partial charge in [-0.05, 0) is 54.8 Å². The van der Waals surface area contributed by atoms with Crippen molar-refractivity contribution in [3.63, 3.8) is 0 Å². The van der Waals surface area contributed by atoms with Crippen LogP contribution in [0.25, 0.3) is 21.5 Å². The molecule has 3 rings (SSSR count). The minimum absolute atomic E-state index is 0.491. The number of hydrogen-bond acceptors (Lipinski definition) is 1. The molecule has 0 aromatic heterocycles. The molecule has 0 atom stereocenters. The molecule has 23 heavy (non-hydrogen) atoms. The van der Waals surface area contributed by atoms with Crippen molar-refractivity contribution in [3.05, 3.63) is 53.0 Å². The van der Waals surface area contributed by atoms with Gasteiger partial charge in [-0.2, -0.15) is 0 Å². The fourth-order valence-corrected chi connectivity index (χ4v) is 8.19. The molecular weight excluding hydrogens is 383 g/mol. The molecule has 3 heteroatoms. The van der Waals surface area contributed by atoms with E-state index in [0.717, 1.165) is 0 Å². The van der Waals surface area contributed by atoms with Gasteiger partial charge in [-0.15, -0.1) is 0 Å².